The Bertz CT molecular complexity index is 1170. The van der Waals surface area contributed by atoms with Gasteiger partial charge >= 0.3 is 0 Å². The predicted octanol–water partition coefficient (Wildman–Crippen LogP) is 3.81. The summed E-state index contributed by atoms with van der Waals surface area (Å²) in [5, 5.41) is 18.7. The molecule has 3 aromatic rings. The maximum atomic E-state index is 13.3. The number of pyridine rings is 1. The normalized spacial score (nSPS) is 12.6. The molecule has 1 atom stereocenters. The van der Waals surface area contributed by atoms with Crippen LogP contribution in [0.25, 0.3) is 11.0 Å². The van der Waals surface area contributed by atoms with Gasteiger partial charge in [-0.25, -0.2) is 9.67 Å². The summed E-state index contributed by atoms with van der Waals surface area (Å²) < 4.78 is 18.2. The van der Waals surface area contributed by atoms with E-state index < -0.39 is 6.10 Å². The number of aryl methyl sites for hydroxylation is 1. The molecule has 1 unspecified atom stereocenters. The summed E-state index contributed by atoms with van der Waals surface area (Å²) in [6, 6.07) is 7.08. The number of carbonyl (C=O) groups excluding carboxylic acids is 1. The van der Waals surface area contributed by atoms with Crippen LogP contribution in [0, 0.1) is 6.92 Å². The summed E-state index contributed by atoms with van der Waals surface area (Å²) >= 11 is 0. The van der Waals surface area contributed by atoms with Gasteiger partial charge in [0.15, 0.2) is 17.1 Å². The molecule has 0 fully saturated rings. The number of rotatable bonds is 9. The monoisotopic (exact) mass is 484 g/mol. The number of aliphatic hydroxyl groups excluding tert-OH is 1. The molecule has 9 heteroatoms. The lowest BCUT2D eigenvalue weighted by atomic mass is 10.0. The van der Waals surface area contributed by atoms with Gasteiger partial charge < -0.3 is 24.6 Å². The average molecular weight is 485 g/mol. The number of hydrogen-bond donors (Lipinski definition) is 2. The summed E-state index contributed by atoms with van der Waals surface area (Å²) in [6.45, 7) is 12.0. The third kappa shape index (κ3) is 5.67. The smallest absolute Gasteiger partial charge is 0.252 e. The molecule has 0 radical (unpaired) electrons. The third-order valence-corrected chi connectivity index (χ3v) is 5.61. The van der Waals surface area contributed by atoms with Crippen molar-refractivity contribution in [2.75, 3.05) is 27.4 Å². The van der Waals surface area contributed by atoms with Crippen LogP contribution in [0.15, 0.2) is 24.3 Å². The van der Waals surface area contributed by atoms with Gasteiger partial charge in [0.25, 0.3) is 5.91 Å². The number of carbonyl (C=O) groups is 1. The number of amides is 1. The summed E-state index contributed by atoms with van der Waals surface area (Å²) in [7, 11) is 3.06. The molecule has 2 N–H and O–H groups in total. The molecular weight excluding hydrogens is 448 g/mol. The third-order valence-electron chi connectivity index (χ3n) is 5.61. The van der Waals surface area contributed by atoms with Crippen LogP contribution >= 0.6 is 0 Å². The number of hydrogen-bond acceptors (Lipinski definition) is 7. The number of aromatic nitrogens is 3. The van der Waals surface area contributed by atoms with Crippen LogP contribution in [0.1, 0.15) is 62.3 Å². The van der Waals surface area contributed by atoms with Crippen LogP contribution in [0.5, 0.6) is 17.2 Å². The van der Waals surface area contributed by atoms with Gasteiger partial charge in [-0.3, -0.25) is 4.79 Å². The molecule has 0 aliphatic carbocycles. The van der Waals surface area contributed by atoms with Gasteiger partial charge in [-0.05, 0) is 51.8 Å². The molecule has 0 bridgehead atoms. The lowest BCUT2D eigenvalue weighted by Crippen LogP contribution is -2.35. The Morgan fingerprint density at radius 1 is 1.17 bits per heavy atom. The number of aliphatic hydroxyl groups is 1. The fourth-order valence-corrected chi connectivity index (χ4v) is 3.75. The minimum absolute atomic E-state index is 0.00355. The van der Waals surface area contributed by atoms with Gasteiger partial charge in [0, 0.05) is 12.2 Å². The van der Waals surface area contributed by atoms with Crippen molar-refractivity contribution < 1.29 is 24.1 Å². The highest BCUT2D eigenvalue weighted by Gasteiger charge is 2.25. The number of nitrogens with one attached hydrogen (secondary N) is 1. The van der Waals surface area contributed by atoms with Crippen LogP contribution in [0.3, 0.4) is 0 Å². The standard InChI is InChI=1S/C26H36N4O5/c1-15(2)19-12-18(22-16(3)29-30(24(22)28-19)26(4,5)6)25(32)27-13-17(31)14-35-23-20(33-7)10-9-11-21(23)34-8/h9-12,15,17,31H,13-14H2,1-8H3,(H,27,32). The topological polar surface area (TPSA) is 108 Å². The van der Waals surface area contributed by atoms with Crippen molar-refractivity contribution in [1.82, 2.24) is 20.1 Å². The molecule has 2 aromatic heterocycles. The van der Waals surface area contributed by atoms with Crippen LogP contribution in [-0.4, -0.2) is 59.3 Å². The molecule has 190 valence electrons. The van der Waals surface area contributed by atoms with Gasteiger partial charge in [-0.1, -0.05) is 19.9 Å². The van der Waals surface area contributed by atoms with Gasteiger partial charge in [-0.2, -0.15) is 5.10 Å². The highest BCUT2D eigenvalue weighted by Crippen LogP contribution is 2.36. The van der Waals surface area contributed by atoms with Gasteiger partial charge in [-0.15, -0.1) is 0 Å². The maximum absolute atomic E-state index is 13.3. The lowest BCUT2D eigenvalue weighted by molar-refractivity contribution is 0.0834. The van der Waals surface area contributed by atoms with Crippen LogP contribution in [-0.2, 0) is 5.54 Å². The largest absolute Gasteiger partial charge is 0.493 e. The van der Waals surface area contributed by atoms with Crippen molar-refractivity contribution in [2.45, 2.75) is 59.1 Å². The van der Waals surface area contributed by atoms with Crippen LogP contribution in [0.2, 0.25) is 0 Å². The summed E-state index contributed by atoms with van der Waals surface area (Å²) in [4.78, 5) is 18.1. The number of para-hydroxylation sites is 1. The van der Waals surface area contributed by atoms with Crippen LogP contribution < -0.4 is 19.5 Å². The quantitative estimate of drug-likeness (QED) is 0.476. The predicted molar refractivity (Wildman–Crippen MR) is 135 cm³/mol. The van der Waals surface area contributed by atoms with E-state index in [1.807, 2.05) is 31.5 Å². The first-order valence-corrected chi connectivity index (χ1v) is 11.7. The van der Waals surface area contributed by atoms with E-state index in [-0.39, 0.29) is 30.5 Å². The van der Waals surface area contributed by atoms with Gasteiger partial charge in [0.05, 0.1) is 36.4 Å². The first-order chi connectivity index (χ1) is 16.5. The fourth-order valence-electron chi connectivity index (χ4n) is 3.75. The van der Waals surface area contributed by atoms with E-state index in [4.69, 9.17) is 19.2 Å². The molecular formula is C26H36N4O5. The summed E-state index contributed by atoms with van der Waals surface area (Å²) in [5.74, 6) is 1.21. The molecule has 9 nitrogen and oxygen atoms in total. The first kappa shape index (κ1) is 26.3. The molecule has 35 heavy (non-hydrogen) atoms. The van der Waals surface area contributed by atoms with E-state index in [1.54, 1.807) is 18.2 Å². The zero-order valence-corrected chi connectivity index (χ0v) is 21.8. The minimum atomic E-state index is -0.950. The molecule has 3 rings (SSSR count). The zero-order chi connectivity index (χ0) is 25.9. The van der Waals surface area contributed by atoms with E-state index in [9.17, 15) is 9.90 Å². The van der Waals surface area contributed by atoms with Crippen molar-refractivity contribution in [3.05, 3.63) is 41.2 Å². The first-order valence-electron chi connectivity index (χ1n) is 11.7. The van der Waals surface area contributed by atoms with E-state index >= 15 is 0 Å². The maximum Gasteiger partial charge on any atom is 0.252 e. The second kappa shape index (κ2) is 10.5. The Balaban J connectivity index is 1.80. The molecule has 0 saturated heterocycles. The number of benzene rings is 1. The zero-order valence-electron chi connectivity index (χ0n) is 21.8. The summed E-state index contributed by atoms with van der Waals surface area (Å²) in [6.07, 6.45) is -0.950. The Morgan fingerprint density at radius 2 is 1.80 bits per heavy atom. The van der Waals surface area contributed by atoms with E-state index in [2.05, 4.69) is 31.2 Å². The minimum Gasteiger partial charge on any atom is -0.493 e. The van der Waals surface area contributed by atoms with Gasteiger partial charge in [0.2, 0.25) is 5.75 Å². The molecule has 2 heterocycles. The second-order valence-corrected chi connectivity index (χ2v) is 9.78. The Labute approximate surface area is 206 Å². The average Bonchev–Trinajstić information content (AvgIpc) is 3.17. The molecule has 0 saturated carbocycles. The Hall–Kier alpha value is -3.33. The summed E-state index contributed by atoms with van der Waals surface area (Å²) in [5.41, 5.74) is 2.41. The van der Waals surface area contributed by atoms with E-state index in [1.165, 1.54) is 14.2 Å². The lowest BCUT2D eigenvalue weighted by Gasteiger charge is -2.20. The molecule has 0 spiro atoms. The Kier molecular flexibility index (Phi) is 7.90. The molecule has 1 amide bonds. The van der Waals surface area contributed by atoms with Crippen molar-refractivity contribution in [3.63, 3.8) is 0 Å². The molecule has 0 aliphatic heterocycles. The van der Waals surface area contributed by atoms with E-state index in [0.717, 1.165) is 11.4 Å². The van der Waals surface area contributed by atoms with Gasteiger partial charge in [0.1, 0.15) is 12.7 Å². The Morgan fingerprint density at radius 3 is 2.34 bits per heavy atom. The van der Waals surface area contributed by atoms with Crippen molar-refractivity contribution in [1.29, 1.82) is 0 Å². The highest BCUT2D eigenvalue weighted by molar-refractivity contribution is 6.06. The number of fused-ring (bicyclic) bond motifs is 1. The van der Waals surface area contributed by atoms with E-state index in [0.29, 0.717) is 33.8 Å². The highest BCUT2D eigenvalue weighted by atomic mass is 16.5. The SMILES string of the molecule is COc1cccc(OC)c1OCC(O)CNC(=O)c1cc(C(C)C)nc2c1c(C)nn2C(C)(C)C. The molecule has 0 aliphatic rings. The fraction of sp³-hybridized carbons (Fsp3) is 0.500. The number of ether oxygens (including phenoxy) is 3. The van der Waals surface area contributed by atoms with Crippen molar-refractivity contribution >= 4 is 16.9 Å². The van der Waals surface area contributed by atoms with Crippen molar-refractivity contribution in [2.24, 2.45) is 0 Å². The second-order valence-electron chi connectivity index (χ2n) is 9.78. The van der Waals surface area contributed by atoms with Crippen LogP contribution in [0.4, 0.5) is 0 Å². The molecule has 1 aromatic carbocycles. The number of methoxy groups -OCH3 is 2. The number of nitrogens with zero attached hydrogens (tertiary/aromatic N) is 3. The van der Waals surface area contributed by atoms with Crippen molar-refractivity contribution in [3.8, 4) is 17.2 Å².